The number of hydrogen-bond donors (Lipinski definition) is 1. The molecular formula is C7H18ClNO. The Hall–Kier alpha value is 0.210. The molecule has 0 aliphatic carbocycles. The summed E-state index contributed by atoms with van der Waals surface area (Å²) in [6.45, 7) is 4.01. The van der Waals surface area contributed by atoms with Crippen molar-refractivity contribution in [3.05, 3.63) is 0 Å². The molecule has 0 bridgehead atoms. The lowest BCUT2D eigenvalue weighted by atomic mass is 10.1. The number of halogens is 1. The number of aliphatic hydroxyl groups is 1. The van der Waals surface area contributed by atoms with Crippen LogP contribution in [0.3, 0.4) is 0 Å². The zero-order chi connectivity index (χ0) is 7.44. The quantitative estimate of drug-likeness (QED) is 0.682. The monoisotopic (exact) mass is 167 g/mol. The lowest BCUT2D eigenvalue weighted by molar-refractivity contribution is 0.0828. The molecule has 0 amide bonds. The van der Waals surface area contributed by atoms with Crippen molar-refractivity contribution in [1.82, 2.24) is 4.90 Å². The summed E-state index contributed by atoms with van der Waals surface area (Å²) in [5, 5.41) is 9.26. The van der Waals surface area contributed by atoms with E-state index in [-0.39, 0.29) is 24.6 Å². The summed E-state index contributed by atoms with van der Waals surface area (Å²) in [5.41, 5.74) is 0. The number of hydrogen-bond acceptors (Lipinski definition) is 2. The Kier molecular flexibility index (Phi) is 7.65. The van der Waals surface area contributed by atoms with Crippen LogP contribution in [0.25, 0.3) is 0 Å². The SMILES string of the molecule is CCC(O)C(C)N(C)C.Cl. The van der Waals surface area contributed by atoms with Gasteiger partial charge in [0.2, 0.25) is 0 Å². The molecule has 2 nitrogen and oxygen atoms in total. The molecule has 0 heterocycles. The van der Waals surface area contributed by atoms with Gasteiger partial charge in [-0.15, -0.1) is 12.4 Å². The standard InChI is InChI=1S/C7H17NO.ClH/c1-5-7(9)6(2)8(3)4;/h6-7,9H,5H2,1-4H3;1H. The lowest BCUT2D eigenvalue weighted by Crippen LogP contribution is -2.35. The number of rotatable bonds is 3. The first-order valence-electron chi connectivity index (χ1n) is 3.44. The van der Waals surface area contributed by atoms with E-state index in [1.165, 1.54) is 0 Å². The van der Waals surface area contributed by atoms with Crippen LogP contribution in [0.1, 0.15) is 20.3 Å². The molecule has 0 spiro atoms. The van der Waals surface area contributed by atoms with Crippen molar-refractivity contribution >= 4 is 12.4 Å². The molecule has 0 aromatic heterocycles. The van der Waals surface area contributed by atoms with Crippen molar-refractivity contribution in [3.8, 4) is 0 Å². The van der Waals surface area contributed by atoms with Crippen LogP contribution in [0.2, 0.25) is 0 Å². The van der Waals surface area contributed by atoms with Crippen molar-refractivity contribution in [1.29, 1.82) is 0 Å². The van der Waals surface area contributed by atoms with Gasteiger partial charge in [0.1, 0.15) is 0 Å². The third kappa shape index (κ3) is 4.09. The first kappa shape index (κ1) is 12.8. The van der Waals surface area contributed by atoms with Crippen molar-refractivity contribution in [3.63, 3.8) is 0 Å². The normalized spacial score (nSPS) is 16.2. The van der Waals surface area contributed by atoms with E-state index in [0.29, 0.717) is 0 Å². The molecule has 2 atom stereocenters. The van der Waals surface area contributed by atoms with Crippen LogP contribution in [0.15, 0.2) is 0 Å². The largest absolute Gasteiger partial charge is 0.392 e. The Morgan fingerprint density at radius 2 is 1.80 bits per heavy atom. The predicted octanol–water partition coefficient (Wildman–Crippen LogP) is 1.13. The highest BCUT2D eigenvalue weighted by molar-refractivity contribution is 5.85. The third-order valence-electron chi connectivity index (χ3n) is 1.79. The maximum Gasteiger partial charge on any atom is 0.0689 e. The molecule has 3 heteroatoms. The topological polar surface area (TPSA) is 23.5 Å². The summed E-state index contributed by atoms with van der Waals surface area (Å²) in [4.78, 5) is 2.02. The fourth-order valence-corrected chi connectivity index (χ4v) is 0.685. The van der Waals surface area contributed by atoms with Gasteiger partial charge < -0.3 is 10.0 Å². The molecule has 0 rings (SSSR count). The van der Waals surface area contributed by atoms with E-state index in [2.05, 4.69) is 0 Å². The second-order valence-electron chi connectivity index (χ2n) is 2.68. The smallest absolute Gasteiger partial charge is 0.0689 e. The fourth-order valence-electron chi connectivity index (χ4n) is 0.685. The third-order valence-corrected chi connectivity index (χ3v) is 1.79. The van der Waals surface area contributed by atoms with Gasteiger partial charge in [0.15, 0.2) is 0 Å². The molecule has 0 aliphatic rings. The minimum absolute atomic E-state index is 0. The van der Waals surface area contributed by atoms with Crippen LogP contribution < -0.4 is 0 Å². The first-order chi connectivity index (χ1) is 4.09. The number of likely N-dealkylation sites (N-methyl/N-ethyl adjacent to an activating group) is 1. The van der Waals surface area contributed by atoms with Crippen molar-refractivity contribution < 1.29 is 5.11 Å². The predicted molar refractivity (Wildman–Crippen MR) is 46.7 cm³/mol. The fraction of sp³-hybridized carbons (Fsp3) is 1.00. The van der Waals surface area contributed by atoms with Crippen molar-refractivity contribution in [2.24, 2.45) is 0 Å². The summed E-state index contributed by atoms with van der Waals surface area (Å²) in [6, 6.07) is 0.273. The van der Waals surface area contributed by atoms with Gasteiger partial charge in [-0.05, 0) is 27.4 Å². The van der Waals surface area contributed by atoms with E-state index in [4.69, 9.17) is 0 Å². The Labute approximate surface area is 69.6 Å². The molecule has 0 aromatic carbocycles. The van der Waals surface area contributed by atoms with Crippen LogP contribution in [0, 0.1) is 0 Å². The molecule has 0 aromatic rings. The lowest BCUT2D eigenvalue weighted by Gasteiger charge is -2.23. The highest BCUT2D eigenvalue weighted by Gasteiger charge is 2.12. The van der Waals surface area contributed by atoms with Crippen molar-refractivity contribution in [2.75, 3.05) is 14.1 Å². The molecular weight excluding hydrogens is 150 g/mol. The van der Waals surface area contributed by atoms with Gasteiger partial charge in [0, 0.05) is 6.04 Å². The number of aliphatic hydroxyl groups excluding tert-OH is 1. The highest BCUT2D eigenvalue weighted by atomic mass is 35.5. The highest BCUT2D eigenvalue weighted by Crippen LogP contribution is 2.01. The second kappa shape index (κ2) is 5.96. The molecule has 0 saturated heterocycles. The first-order valence-corrected chi connectivity index (χ1v) is 3.44. The number of nitrogens with zero attached hydrogens (tertiary/aromatic N) is 1. The van der Waals surface area contributed by atoms with Gasteiger partial charge in [-0.25, -0.2) is 0 Å². The van der Waals surface area contributed by atoms with Gasteiger partial charge in [-0.3, -0.25) is 0 Å². The maximum atomic E-state index is 9.26. The second-order valence-corrected chi connectivity index (χ2v) is 2.68. The van der Waals surface area contributed by atoms with E-state index in [1.807, 2.05) is 32.8 Å². The zero-order valence-corrected chi connectivity index (χ0v) is 7.98. The van der Waals surface area contributed by atoms with E-state index in [1.54, 1.807) is 0 Å². The molecule has 0 fully saturated rings. The van der Waals surface area contributed by atoms with Crippen LogP contribution in [0.4, 0.5) is 0 Å². The maximum absolute atomic E-state index is 9.26. The van der Waals surface area contributed by atoms with Crippen LogP contribution in [-0.4, -0.2) is 36.2 Å². The van der Waals surface area contributed by atoms with E-state index in [9.17, 15) is 5.11 Å². The van der Waals surface area contributed by atoms with Crippen molar-refractivity contribution in [2.45, 2.75) is 32.4 Å². The molecule has 2 unspecified atom stereocenters. The van der Waals surface area contributed by atoms with Crippen LogP contribution >= 0.6 is 12.4 Å². The van der Waals surface area contributed by atoms with E-state index in [0.717, 1.165) is 6.42 Å². The van der Waals surface area contributed by atoms with Crippen LogP contribution in [-0.2, 0) is 0 Å². The zero-order valence-electron chi connectivity index (χ0n) is 7.16. The average molecular weight is 168 g/mol. The van der Waals surface area contributed by atoms with Gasteiger partial charge in [-0.2, -0.15) is 0 Å². The van der Waals surface area contributed by atoms with E-state index >= 15 is 0 Å². The van der Waals surface area contributed by atoms with Gasteiger partial charge >= 0.3 is 0 Å². The van der Waals surface area contributed by atoms with E-state index < -0.39 is 0 Å². The summed E-state index contributed by atoms with van der Waals surface area (Å²) < 4.78 is 0. The average Bonchev–Trinajstić information content (AvgIpc) is 1.84. The molecule has 0 radical (unpaired) electrons. The molecule has 10 heavy (non-hydrogen) atoms. The Morgan fingerprint density at radius 3 is 1.90 bits per heavy atom. The molecule has 0 aliphatic heterocycles. The molecule has 1 N–H and O–H groups in total. The van der Waals surface area contributed by atoms with Crippen LogP contribution in [0.5, 0.6) is 0 Å². The molecule has 64 valence electrons. The van der Waals surface area contributed by atoms with Gasteiger partial charge in [0.05, 0.1) is 6.10 Å². The Bertz CT molecular complexity index is 78.0. The molecule has 0 saturated carbocycles. The summed E-state index contributed by atoms with van der Waals surface area (Å²) in [5.74, 6) is 0. The van der Waals surface area contributed by atoms with Gasteiger partial charge in [0.25, 0.3) is 0 Å². The summed E-state index contributed by atoms with van der Waals surface area (Å²) in [6.07, 6.45) is 0.652. The summed E-state index contributed by atoms with van der Waals surface area (Å²) >= 11 is 0. The minimum atomic E-state index is -0.181. The Morgan fingerprint density at radius 1 is 1.40 bits per heavy atom. The minimum Gasteiger partial charge on any atom is -0.392 e. The van der Waals surface area contributed by atoms with Gasteiger partial charge in [-0.1, -0.05) is 6.92 Å². The summed E-state index contributed by atoms with van der Waals surface area (Å²) in [7, 11) is 3.95. The Balaban J connectivity index is 0.